The molecule has 0 atom stereocenters. The number of carboxylic acid groups (broad SMARTS) is 3. The van der Waals surface area contributed by atoms with E-state index in [1.807, 2.05) is 11.9 Å². The lowest BCUT2D eigenvalue weighted by Gasteiger charge is -2.36. The van der Waals surface area contributed by atoms with Gasteiger partial charge in [0.05, 0.1) is 21.5 Å². The number of hydrogen-bond donors (Lipinski definition) is 3. The number of benzene rings is 1. The Morgan fingerprint density at radius 2 is 1.64 bits per heavy atom. The number of anilines is 1. The van der Waals surface area contributed by atoms with Gasteiger partial charge in [-0.2, -0.15) is 0 Å². The van der Waals surface area contributed by atoms with Gasteiger partial charge in [-0.25, -0.2) is 18.8 Å². The number of pyridine rings is 1. The Morgan fingerprint density at radius 3 is 2.18 bits per heavy atom. The molecule has 176 valence electrons. The Bertz CT molecular complexity index is 1190. The summed E-state index contributed by atoms with van der Waals surface area (Å²) in [6.45, 7) is 3.76. The lowest BCUT2D eigenvalue weighted by Crippen LogP contribution is -2.45. The Kier molecular flexibility index (Phi) is 7.39. The van der Waals surface area contributed by atoms with Crippen LogP contribution in [0.5, 0.6) is 0 Å². The molecule has 0 saturated carbocycles. The second-order valence-electron chi connectivity index (χ2n) is 7.45. The van der Waals surface area contributed by atoms with Crippen molar-refractivity contribution in [1.29, 1.82) is 0 Å². The van der Waals surface area contributed by atoms with Crippen molar-refractivity contribution >= 4 is 46.3 Å². The van der Waals surface area contributed by atoms with Crippen molar-refractivity contribution < 1.29 is 34.1 Å². The predicted octanol–water partition coefficient (Wildman–Crippen LogP) is 1.41. The number of likely N-dealkylation sites (N-methyl/N-ethyl adjacent to an activating group) is 1. The second-order valence-corrected chi connectivity index (χ2v) is 8.56. The maximum atomic E-state index is 15.0. The third kappa shape index (κ3) is 5.34. The van der Waals surface area contributed by atoms with Crippen molar-refractivity contribution in [2.75, 3.05) is 43.9 Å². The van der Waals surface area contributed by atoms with E-state index in [4.69, 9.17) is 10.2 Å². The Hall–Kier alpha value is -3.38. The molecule has 2 aliphatic heterocycles. The molecule has 2 aromatic rings. The molecule has 0 radical (unpaired) electrons. The summed E-state index contributed by atoms with van der Waals surface area (Å²) in [6.07, 6.45) is 2.51. The molecule has 3 heterocycles. The zero-order valence-electron chi connectivity index (χ0n) is 17.7. The molecular formula is C21H22FN3O7S. The first-order valence-electron chi connectivity index (χ1n) is 9.93. The molecule has 1 saturated heterocycles. The molecular weight excluding hydrogens is 457 g/mol. The van der Waals surface area contributed by atoms with Crippen molar-refractivity contribution in [2.24, 2.45) is 0 Å². The van der Waals surface area contributed by atoms with Crippen molar-refractivity contribution in [3.05, 3.63) is 46.0 Å². The lowest BCUT2D eigenvalue weighted by atomic mass is 10.1. The summed E-state index contributed by atoms with van der Waals surface area (Å²) in [5.74, 6) is -3.53. The molecule has 3 N–H and O–H groups in total. The molecule has 2 aliphatic rings. The maximum Gasteiger partial charge on any atom is 0.341 e. The first-order valence-corrected chi connectivity index (χ1v) is 10.9. The minimum atomic E-state index is -1.28. The number of aliphatic carboxylic acids is 2. The van der Waals surface area contributed by atoms with Crippen LogP contribution in [0.15, 0.2) is 34.1 Å². The number of carboxylic acids is 3. The third-order valence-corrected chi connectivity index (χ3v) is 6.30. The lowest BCUT2D eigenvalue weighted by molar-refractivity contribution is -0.134. The monoisotopic (exact) mass is 479 g/mol. The van der Waals surface area contributed by atoms with Gasteiger partial charge in [-0.05, 0) is 13.1 Å². The summed E-state index contributed by atoms with van der Waals surface area (Å²) < 4.78 is 16.7. The fourth-order valence-electron chi connectivity index (χ4n) is 3.67. The van der Waals surface area contributed by atoms with Gasteiger partial charge >= 0.3 is 17.9 Å². The number of rotatable bonds is 4. The molecule has 10 nitrogen and oxygen atoms in total. The molecule has 0 unspecified atom stereocenters. The van der Waals surface area contributed by atoms with Crippen LogP contribution in [0.3, 0.4) is 0 Å². The van der Waals surface area contributed by atoms with Crippen LogP contribution in [0.2, 0.25) is 0 Å². The van der Waals surface area contributed by atoms with Crippen LogP contribution >= 0.6 is 11.8 Å². The summed E-state index contributed by atoms with van der Waals surface area (Å²) >= 11 is 1.54. The first-order chi connectivity index (χ1) is 15.6. The fourth-order valence-corrected chi connectivity index (χ4v) is 4.89. The normalized spacial score (nSPS) is 15.9. The fraction of sp³-hybridized carbons (Fsp3) is 0.333. The number of thioether (sulfide) groups is 1. The van der Waals surface area contributed by atoms with Gasteiger partial charge in [-0.15, -0.1) is 11.8 Å². The van der Waals surface area contributed by atoms with E-state index in [-0.39, 0.29) is 10.9 Å². The molecule has 1 fully saturated rings. The Labute approximate surface area is 191 Å². The van der Waals surface area contributed by atoms with Crippen LogP contribution in [0, 0.1) is 5.82 Å². The summed E-state index contributed by atoms with van der Waals surface area (Å²) in [5.41, 5.74) is 0.270. The van der Waals surface area contributed by atoms with Gasteiger partial charge in [0.1, 0.15) is 11.4 Å². The largest absolute Gasteiger partial charge is 0.478 e. The highest BCUT2D eigenvalue weighted by Gasteiger charge is 2.28. The van der Waals surface area contributed by atoms with Gasteiger partial charge in [-0.3, -0.25) is 4.79 Å². The number of aryl methyl sites for hydroxylation is 1. The third-order valence-electron chi connectivity index (χ3n) is 5.24. The van der Waals surface area contributed by atoms with E-state index in [0.717, 1.165) is 31.1 Å². The number of nitrogens with zero attached hydrogens (tertiary/aromatic N) is 3. The highest BCUT2D eigenvalue weighted by Crippen LogP contribution is 2.41. The van der Waals surface area contributed by atoms with E-state index in [9.17, 15) is 28.7 Å². The number of halogens is 1. The summed E-state index contributed by atoms with van der Waals surface area (Å²) in [6, 6.07) is 1.21. The molecule has 0 bridgehead atoms. The van der Waals surface area contributed by atoms with Gasteiger partial charge < -0.3 is 29.7 Å². The molecule has 12 heteroatoms. The molecule has 0 spiro atoms. The summed E-state index contributed by atoms with van der Waals surface area (Å²) in [4.78, 5) is 47.9. The van der Waals surface area contributed by atoms with Crippen molar-refractivity contribution in [1.82, 2.24) is 9.47 Å². The zero-order valence-corrected chi connectivity index (χ0v) is 18.5. The Balaban J connectivity index is 0.000000331. The average molecular weight is 479 g/mol. The van der Waals surface area contributed by atoms with E-state index < -0.39 is 29.2 Å². The van der Waals surface area contributed by atoms with Gasteiger partial charge in [0.15, 0.2) is 0 Å². The number of hydrogen-bond acceptors (Lipinski definition) is 7. The quantitative estimate of drug-likeness (QED) is 0.551. The Morgan fingerprint density at radius 1 is 1.03 bits per heavy atom. The van der Waals surface area contributed by atoms with Crippen LogP contribution in [0.4, 0.5) is 10.1 Å². The molecule has 33 heavy (non-hydrogen) atoms. The molecule has 0 amide bonds. The van der Waals surface area contributed by atoms with E-state index >= 15 is 0 Å². The number of aromatic nitrogens is 1. The van der Waals surface area contributed by atoms with E-state index in [2.05, 4.69) is 4.90 Å². The standard InChI is InChI=1S/C17H18FN3O3S.C4H4O4/c1-19-2-4-20(5-3-19)14-12(18)8-10-13-16(14)25-7-6-21(13)9-11(15(10)22)17(23)24;5-3(6)1-2-4(7)8/h8-9H,2-7H2,1H3,(H,23,24);1-2H,(H,5,6)(H,7,8)/b;2-1-. The topological polar surface area (TPSA) is 140 Å². The van der Waals surface area contributed by atoms with Crippen LogP contribution in [-0.4, -0.2) is 81.7 Å². The van der Waals surface area contributed by atoms with Crippen LogP contribution in [0.25, 0.3) is 10.9 Å². The smallest absolute Gasteiger partial charge is 0.341 e. The SMILES string of the molecule is CN1CCN(c2c(F)cc3c(=O)c(C(=O)O)cn4c3c2SCC4)CC1.O=C(O)/C=C\C(=O)O. The van der Waals surface area contributed by atoms with Crippen LogP contribution < -0.4 is 10.3 Å². The average Bonchev–Trinajstić information content (AvgIpc) is 2.76. The van der Waals surface area contributed by atoms with Gasteiger partial charge in [0, 0.05) is 56.8 Å². The van der Waals surface area contributed by atoms with E-state index in [1.165, 1.54) is 24.0 Å². The van der Waals surface area contributed by atoms with E-state index in [0.29, 0.717) is 35.7 Å². The first kappa shape index (κ1) is 24.3. The highest BCUT2D eigenvalue weighted by molar-refractivity contribution is 7.99. The molecule has 1 aromatic heterocycles. The second kappa shape index (κ2) is 10.0. The minimum absolute atomic E-state index is 0.150. The van der Waals surface area contributed by atoms with Gasteiger partial charge in [0.2, 0.25) is 5.43 Å². The van der Waals surface area contributed by atoms with E-state index in [1.54, 1.807) is 4.57 Å². The van der Waals surface area contributed by atoms with Crippen molar-refractivity contribution in [3.63, 3.8) is 0 Å². The molecule has 1 aromatic carbocycles. The predicted molar refractivity (Wildman–Crippen MR) is 120 cm³/mol. The van der Waals surface area contributed by atoms with Gasteiger partial charge in [-0.1, -0.05) is 0 Å². The van der Waals surface area contributed by atoms with Gasteiger partial charge in [0.25, 0.3) is 0 Å². The van der Waals surface area contributed by atoms with Crippen LogP contribution in [0.1, 0.15) is 10.4 Å². The minimum Gasteiger partial charge on any atom is -0.478 e. The summed E-state index contributed by atoms with van der Waals surface area (Å²) in [5, 5.41) is 25.0. The van der Waals surface area contributed by atoms with Crippen molar-refractivity contribution in [2.45, 2.75) is 11.4 Å². The number of piperazine rings is 1. The van der Waals surface area contributed by atoms with Crippen LogP contribution in [-0.2, 0) is 16.1 Å². The molecule has 0 aliphatic carbocycles. The van der Waals surface area contributed by atoms with Crippen molar-refractivity contribution in [3.8, 4) is 0 Å². The number of carbonyl (C=O) groups is 3. The molecule has 4 rings (SSSR count). The zero-order chi connectivity index (χ0) is 24.3. The number of aromatic carboxylic acids is 1. The highest BCUT2D eigenvalue weighted by atomic mass is 32.2. The summed E-state index contributed by atoms with van der Waals surface area (Å²) in [7, 11) is 2.04. The maximum absolute atomic E-state index is 15.0.